The van der Waals surface area contributed by atoms with Crippen molar-refractivity contribution < 1.29 is 19.1 Å². The van der Waals surface area contributed by atoms with E-state index in [1.807, 2.05) is 0 Å². The Morgan fingerprint density at radius 3 is 2.52 bits per heavy atom. The molecule has 0 saturated carbocycles. The summed E-state index contributed by atoms with van der Waals surface area (Å²) in [6.07, 6.45) is 0. The van der Waals surface area contributed by atoms with Gasteiger partial charge in [0.25, 0.3) is 0 Å². The van der Waals surface area contributed by atoms with Crippen LogP contribution in [0.4, 0.5) is 5.69 Å². The summed E-state index contributed by atoms with van der Waals surface area (Å²) >= 11 is 7.29. The van der Waals surface area contributed by atoms with Gasteiger partial charge in [-0.3, -0.25) is 9.59 Å². The molecular formula is C22H18ClN3O4S. The predicted octanol–water partition coefficient (Wildman–Crippen LogP) is 4.41. The minimum absolute atomic E-state index is 0.287. The molecule has 3 aromatic rings. The first-order valence-electron chi connectivity index (χ1n) is 9.12. The summed E-state index contributed by atoms with van der Waals surface area (Å²) < 4.78 is 5.45. The van der Waals surface area contributed by atoms with Crippen LogP contribution < -0.4 is 15.5 Å². The number of nitrogens with zero attached hydrogens (tertiary/aromatic N) is 1. The van der Waals surface area contributed by atoms with Crippen LogP contribution in [0.3, 0.4) is 0 Å². The van der Waals surface area contributed by atoms with Crippen molar-refractivity contribution >= 4 is 52.1 Å². The Hall–Kier alpha value is -3.49. The summed E-state index contributed by atoms with van der Waals surface area (Å²) in [6.45, 7) is 3.35. The van der Waals surface area contributed by atoms with Gasteiger partial charge in [0.05, 0.1) is 5.71 Å². The molecule has 2 N–H and O–H groups in total. The molecule has 0 aliphatic heterocycles. The number of carbonyl (C=O) groups excluding carboxylic acids is 3. The van der Waals surface area contributed by atoms with Crippen LogP contribution in [-0.2, 0) is 9.59 Å². The highest BCUT2D eigenvalue weighted by Gasteiger charge is 2.17. The molecule has 0 fully saturated rings. The van der Waals surface area contributed by atoms with Gasteiger partial charge in [-0.2, -0.15) is 5.10 Å². The van der Waals surface area contributed by atoms with Gasteiger partial charge in [0.15, 0.2) is 0 Å². The third kappa shape index (κ3) is 5.56. The lowest BCUT2D eigenvalue weighted by Crippen LogP contribution is -2.33. The molecule has 1 aromatic heterocycles. The number of halogens is 1. The quantitative estimate of drug-likeness (QED) is 0.196. The van der Waals surface area contributed by atoms with E-state index in [1.54, 1.807) is 73.8 Å². The molecule has 0 radical (unpaired) electrons. The number of esters is 1. The summed E-state index contributed by atoms with van der Waals surface area (Å²) in [6, 6.07) is 15.2. The Morgan fingerprint density at radius 1 is 1.00 bits per heavy atom. The normalized spacial score (nSPS) is 11.0. The molecule has 0 aliphatic rings. The molecular weight excluding hydrogens is 438 g/mol. The number of carbonyl (C=O) groups is 3. The fraction of sp³-hybridized carbons (Fsp3) is 0.0909. The number of nitrogens with one attached hydrogen (secondary N) is 2. The molecule has 0 atom stereocenters. The zero-order chi connectivity index (χ0) is 22.4. The fourth-order valence-corrected chi connectivity index (χ4v) is 3.34. The Balaban J connectivity index is 1.69. The molecule has 9 heteroatoms. The van der Waals surface area contributed by atoms with Crippen LogP contribution in [0.25, 0.3) is 0 Å². The van der Waals surface area contributed by atoms with Crippen molar-refractivity contribution in [2.45, 2.75) is 13.8 Å². The number of hydrogen-bond acceptors (Lipinski definition) is 6. The number of benzene rings is 2. The van der Waals surface area contributed by atoms with E-state index in [4.69, 9.17) is 16.3 Å². The van der Waals surface area contributed by atoms with Crippen LogP contribution in [0.1, 0.15) is 27.7 Å². The second kappa shape index (κ2) is 10.0. The third-order valence-corrected chi connectivity index (χ3v) is 5.51. The van der Waals surface area contributed by atoms with Crippen molar-refractivity contribution in [3.8, 4) is 5.75 Å². The maximum absolute atomic E-state index is 12.2. The van der Waals surface area contributed by atoms with Crippen molar-refractivity contribution in [3.63, 3.8) is 0 Å². The van der Waals surface area contributed by atoms with Gasteiger partial charge in [-0.05, 0) is 55.1 Å². The van der Waals surface area contributed by atoms with E-state index >= 15 is 0 Å². The van der Waals surface area contributed by atoms with Gasteiger partial charge in [-0.15, -0.1) is 11.3 Å². The van der Waals surface area contributed by atoms with Gasteiger partial charge in [0, 0.05) is 16.3 Å². The summed E-state index contributed by atoms with van der Waals surface area (Å²) in [5, 5.41) is 8.72. The predicted molar refractivity (Wildman–Crippen MR) is 121 cm³/mol. The second-order valence-corrected chi connectivity index (χ2v) is 7.72. The second-order valence-electron chi connectivity index (χ2n) is 6.37. The van der Waals surface area contributed by atoms with Gasteiger partial charge in [-0.25, -0.2) is 10.2 Å². The number of rotatable bonds is 5. The molecule has 2 aromatic carbocycles. The molecule has 31 heavy (non-hydrogen) atoms. The maximum atomic E-state index is 12.2. The van der Waals surface area contributed by atoms with E-state index in [1.165, 1.54) is 11.3 Å². The number of hydrogen-bond donors (Lipinski definition) is 2. The average Bonchev–Trinajstić information content (AvgIpc) is 3.30. The number of para-hydroxylation sites is 1. The van der Waals surface area contributed by atoms with Gasteiger partial charge in [0.1, 0.15) is 10.6 Å². The van der Waals surface area contributed by atoms with Gasteiger partial charge >= 0.3 is 17.8 Å². The van der Waals surface area contributed by atoms with Crippen LogP contribution >= 0.6 is 22.9 Å². The number of amides is 2. The Bertz CT molecular complexity index is 1160. The molecule has 3 rings (SSSR count). The van der Waals surface area contributed by atoms with E-state index in [-0.39, 0.29) is 5.75 Å². The van der Waals surface area contributed by atoms with Gasteiger partial charge < -0.3 is 10.1 Å². The summed E-state index contributed by atoms with van der Waals surface area (Å²) in [7, 11) is 0. The molecule has 0 bridgehead atoms. The first-order valence-corrected chi connectivity index (χ1v) is 10.4. The molecule has 0 aliphatic carbocycles. The highest BCUT2D eigenvalue weighted by molar-refractivity contribution is 7.12. The van der Waals surface area contributed by atoms with Crippen molar-refractivity contribution in [2.75, 3.05) is 5.32 Å². The van der Waals surface area contributed by atoms with E-state index < -0.39 is 17.8 Å². The van der Waals surface area contributed by atoms with Crippen molar-refractivity contribution in [1.29, 1.82) is 0 Å². The van der Waals surface area contributed by atoms with Crippen molar-refractivity contribution in [1.82, 2.24) is 5.43 Å². The smallest absolute Gasteiger partial charge is 0.353 e. The lowest BCUT2D eigenvalue weighted by molar-refractivity contribution is -0.136. The highest BCUT2D eigenvalue weighted by Crippen LogP contribution is 2.23. The Morgan fingerprint density at radius 2 is 1.77 bits per heavy atom. The third-order valence-electron chi connectivity index (χ3n) is 4.25. The first kappa shape index (κ1) is 22.2. The first-order chi connectivity index (χ1) is 14.9. The number of ether oxygens (including phenoxy) is 1. The number of anilines is 1. The molecule has 2 amide bonds. The fourth-order valence-electron chi connectivity index (χ4n) is 2.57. The number of thiophene rings is 1. The lowest BCUT2D eigenvalue weighted by atomic mass is 10.1. The molecule has 0 unspecified atom stereocenters. The summed E-state index contributed by atoms with van der Waals surface area (Å²) in [5.41, 5.74) is 4.14. The van der Waals surface area contributed by atoms with Gasteiger partial charge in [0.2, 0.25) is 0 Å². The summed E-state index contributed by atoms with van der Waals surface area (Å²) in [5.74, 6) is -2.04. The molecule has 0 spiro atoms. The maximum Gasteiger partial charge on any atom is 0.353 e. The molecule has 0 saturated heterocycles. The van der Waals surface area contributed by atoms with Crippen LogP contribution in [-0.4, -0.2) is 23.5 Å². The van der Waals surface area contributed by atoms with E-state index in [0.29, 0.717) is 32.4 Å². The Labute approximate surface area is 187 Å². The molecule has 7 nitrogen and oxygen atoms in total. The van der Waals surface area contributed by atoms with E-state index in [0.717, 1.165) is 0 Å². The SMILES string of the molecule is CC(=NNC(=O)C(=O)Nc1cccc(Cl)c1C)c1ccccc1OC(=O)c1cccs1. The Kier molecular flexibility index (Phi) is 7.17. The summed E-state index contributed by atoms with van der Waals surface area (Å²) in [4.78, 5) is 37.0. The standard InChI is InChI=1S/C22H18ClN3O4S/c1-13-16(23)8-5-9-17(13)24-20(27)21(28)26-25-14(2)15-7-3-4-10-18(15)30-22(29)19-11-6-12-31-19/h3-12H,1-2H3,(H,24,27)(H,26,28). The van der Waals surface area contributed by atoms with Crippen LogP contribution in [0.5, 0.6) is 5.75 Å². The van der Waals surface area contributed by atoms with Crippen LogP contribution in [0.2, 0.25) is 5.02 Å². The zero-order valence-electron chi connectivity index (χ0n) is 16.6. The zero-order valence-corrected chi connectivity index (χ0v) is 18.2. The lowest BCUT2D eigenvalue weighted by Gasteiger charge is -2.10. The van der Waals surface area contributed by atoms with E-state index in [2.05, 4.69) is 15.8 Å². The minimum atomic E-state index is -0.952. The van der Waals surface area contributed by atoms with Crippen molar-refractivity contribution in [3.05, 3.63) is 81.0 Å². The van der Waals surface area contributed by atoms with Gasteiger partial charge in [-0.1, -0.05) is 35.9 Å². The molecule has 158 valence electrons. The van der Waals surface area contributed by atoms with Crippen LogP contribution in [0.15, 0.2) is 65.1 Å². The monoisotopic (exact) mass is 455 g/mol. The topological polar surface area (TPSA) is 96.9 Å². The van der Waals surface area contributed by atoms with E-state index in [9.17, 15) is 14.4 Å². The van der Waals surface area contributed by atoms with Crippen molar-refractivity contribution in [2.24, 2.45) is 5.10 Å². The largest absolute Gasteiger partial charge is 0.422 e. The highest BCUT2D eigenvalue weighted by atomic mass is 35.5. The van der Waals surface area contributed by atoms with Crippen LogP contribution in [0, 0.1) is 6.92 Å². The molecule has 1 heterocycles. The minimum Gasteiger partial charge on any atom is -0.422 e. The average molecular weight is 456 g/mol. The number of hydrazone groups is 1.